The van der Waals surface area contributed by atoms with Crippen LogP contribution in [0.1, 0.15) is 19.0 Å². The van der Waals surface area contributed by atoms with Gasteiger partial charge in [-0.1, -0.05) is 6.07 Å². The first-order valence-corrected chi connectivity index (χ1v) is 7.83. The maximum atomic E-state index is 13.5. The van der Waals surface area contributed by atoms with Gasteiger partial charge in [0.1, 0.15) is 10.8 Å². The summed E-state index contributed by atoms with van der Waals surface area (Å²) in [5.74, 6) is -0.539. The molecule has 0 saturated carbocycles. The first kappa shape index (κ1) is 15.1. The lowest BCUT2D eigenvalue weighted by Crippen LogP contribution is -2.05. The van der Waals surface area contributed by atoms with Gasteiger partial charge in [-0.3, -0.25) is 4.79 Å². The summed E-state index contributed by atoms with van der Waals surface area (Å²) < 4.78 is 18.8. The van der Waals surface area contributed by atoms with E-state index in [9.17, 15) is 9.18 Å². The SMILES string of the molecule is CCOC(=O)CCc1csc(-c2ccc(Br)c(F)c2)n1. The largest absolute Gasteiger partial charge is 0.466 e. The maximum Gasteiger partial charge on any atom is 0.306 e. The van der Waals surface area contributed by atoms with Crippen LogP contribution < -0.4 is 0 Å². The lowest BCUT2D eigenvalue weighted by atomic mass is 10.2. The zero-order valence-electron chi connectivity index (χ0n) is 10.9. The summed E-state index contributed by atoms with van der Waals surface area (Å²) in [5, 5.41) is 2.63. The third-order valence-corrected chi connectivity index (χ3v) is 4.19. The average molecular weight is 358 g/mol. The fraction of sp³-hybridized carbons (Fsp3) is 0.286. The number of aromatic nitrogens is 1. The van der Waals surface area contributed by atoms with Crippen molar-refractivity contribution in [2.45, 2.75) is 19.8 Å². The number of esters is 1. The van der Waals surface area contributed by atoms with Crippen LogP contribution in [0.2, 0.25) is 0 Å². The predicted octanol–water partition coefficient (Wildman–Crippen LogP) is 4.21. The fourth-order valence-electron chi connectivity index (χ4n) is 1.65. The second kappa shape index (κ2) is 6.95. The van der Waals surface area contributed by atoms with Gasteiger partial charge in [0.2, 0.25) is 0 Å². The molecule has 0 bridgehead atoms. The summed E-state index contributed by atoms with van der Waals surface area (Å²) in [5.41, 5.74) is 1.56. The zero-order valence-corrected chi connectivity index (χ0v) is 13.3. The highest BCUT2D eigenvalue weighted by Crippen LogP contribution is 2.27. The van der Waals surface area contributed by atoms with Crippen molar-refractivity contribution in [3.05, 3.63) is 39.6 Å². The summed E-state index contributed by atoms with van der Waals surface area (Å²) in [7, 11) is 0. The summed E-state index contributed by atoms with van der Waals surface area (Å²) in [6.07, 6.45) is 0.847. The van der Waals surface area contributed by atoms with Gasteiger partial charge in [-0.05, 0) is 35.0 Å². The molecule has 1 heterocycles. The van der Waals surface area contributed by atoms with Crippen LogP contribution in [0, 0.1) is 5.82 Å². The van der Waals surface area contributed by atoms with Crippen LogP contribution in [0.3, 0.4) is 0 Å². The summed E-state index contributed by atoms with van der Waals surface area (Å²) in [4.78, 5) is 15.7. The molecule has 0 aliphatic rings. The molecule has 0 aliphatic heterocycles. The molecule has 106 valence electrons. The van der Waals surface area contributed by atoms with Crippen molar-refractivity contribution < 1.29 is 13.9 Å². The number of carbonyl (C=O) groups is 1. The normalized spacial score (nSPS) is 10.6. The molecule has 2 aromatic rings. The molecule has 0 amide bonds. The minimum Gasteiger partial charge on any atom is -0.466 e. The number of hydrogen-bond acceptors (Lipinski definition) is 4. The van der Waals surface area contributed by atoms with E-state index in [0.717, 1.165) is 16.3 Å². The molecule has 1 aromatic carbocycles. The molecule has 0 N–H and O–H groups in total. The Morgan fingerprint density at radius 3 is 3.00 bits per heavy atom. The number of benzene rings is 1. The van der Waals surface area contributed by atoms with Gasteiger partial charge in [0.05, 0.1) is 23.2 Å². The van der Waals surface area contributed by atoms with Crippen LogP contribution in [0.25, 0.3) is 10.6 Å². The molecule has 0 spiro atoms. The molecule has 0 saturated heterocycles. The van der Waals surface area contributed by atoms with Crippen molar-refractivity contribution in [2.24, 2.45) is 0 Å². The van der Waals surface area contributed by atoms with Gasteiger partial charge < -0.3 is 4.74 Å². The average Bonchev–Trinajstić information content (AvgIpc) is 2.89. The minimum atomic E-state index is -0.314. The Hall–Kier alpha value is -1.27. The molecule has 2 rings (SSSR count). The Kier molecular flexibility index (Phi) is 5.25. The first-order chi connectivity index (χ1) is 9.60. The summed E-state index contributed by atoms with van der Waals surface area (Å²) in [6.45, 7) is 2.17. The zero-order chi connectivity index (χ0) is 14.5. The third-order valence-electron chi connectivity index (χ3n) is 2.61. The van der Waals surface area contributed by atoms with Crippen LogP contribution in [0.15, 0.2) is 28.1 Å². The molecule has 0 aliphatic carbocycles. The number of nitrogens with zero attached hydrogens (tertiary/aromatic N) is 1. The molecule has 0 unspecified atom stereocenters. The molecule has 20 heavy (non-hydrogen) atoms. The molecule has 6 heteroatoms. The van der Waals surface area contributed by atoms with Crippen LogP contribution in [0.5, 0.6) is 0 Å². The van der Waals surface area contributed by atoms with E-state index in [4.69, 9.17) is 4.74 Å². The Balaban J connectivity index is 2.05. The van der Waals surface area contributed by atoms with E-state index < -0.39 is 0 Å². The summed E-state index contributed by atoms with van der Waals surface area (Å²) >= 11 is 4.56. The molecule has 3 nitrogen and oxygen atoms in total. The fourth-order valence-corrected chi connectivity index (χ4v) is 2.74. The summed E-state index contributed by atoms with van der Waals surface area (Å²) in [6, 6.07) is 4.91. The van der Waals surface area contributed by atoms with E-state index in [2.05, 4.69) is 20.9 Å². The van der Waals surface area contributed by atoms with Gasteiger partial charge in [0.15, 0.2) is 0 Å². The van der Waals surface area contributed by atoms with E-state index in [0.29, 0.717) is 23.9 Å². The van der Waals surface area contributed by atoms with Crippen molar-refractivity contribution in [3.8, 4) is 10.6 Å². The highest BCUT2D eigenvalue weighted by atomic mass is 79.9. The predicted molar refractivity (Wildman–Crippen MR) is 80.2 cm³/mol. The molecule has 0 atom stereocenters. The number of carbonyl (C=O) groups excluding carboxylic acids is 1. The monoisotopic (exact) mass is 357 g/mol. The van der Waals surface area contributed by atoms with Gasteiger partial charge >= 0.3 is 5.97 Å². The van der Waals surface area contributed by atoms with E-state index in [1.54, 1.807) is 19.1 Å². The number of ether oxygens (including phenoxy) is 1. The van der Waals surface area contributed by atoms with E-state index in [-0.39, 0.29) is 11.8 Å². The van der Waals surface area contributed by atoms with Crippen LogP contribution in [0.4, 0.5) is 4.39 Å². The molecular weight excluding hydrogens is 345 g/mol. The van der Waals surface area contributed by atoms with Crippen molar-refractivity contribution in [3.63, 3.8) is 0 Å². The molecular formula is C14H13BrFNO2S. The number of hydrogen-bond donors (Lipinski definition) is 0. The Morgan fingerprint density at radius 1 is 1.50 bits per heavy atom. The number of rotatable bonds is 5. The van der Waals surface area contributed by atoms with Crippen LogP contribution >= 0.6 is 27.3 Å². The first-order valence-electron chi connectivity index (χ1n) is 6.15. The number of halogens is 2. The standard InChI is InChI=1S/C14H13BrFNO2S/c1-2-19-13(18)6-4-10-8-20-14(17-10)9-3-5-11(15)12(16)7-9/h3,5,7-8H,2,4,6H2,1H3. The number of aryl methyl sites for hydroxylation is 1. The van der Waals surface area contributed by atoms with E-state index in [1.807, 2.05) is 5.38 Å². The van der Waals surface area contributed by atoms with Gasteiger partial charge in [0, 0.05) is 17.4 Å². The van der Waals surface area contributed by atoms with Gasteiger partial charge in [-0.2, -0.15) is 0 Å². The lowest BCUT2D eigenvalue weighted by Gasteiger charge is -2.00. The van der Waals surface area contributed by atoms with Crippen LogP contribution in [-0.2, 0) is 16.0 Å². The third kappa shape index (κ3) is 3.86. The quantitative estimate of drug-likeness (QED) is 0.752. The highest BCUT2D eigenvalue weighted by molar-refractivity contribution is 9.10. The molecule has 0 radical (unpaired) electrons. The smallest absolute Gasteiger partial charge is 0.306 e. The van der Waals surface area contributed by atoms with E-state index >= 15 is 0 Å². The Labute approximate surface area is 128 Å². The van der Waals surface area contributed by atoms with Gasteiger partial charge in [-0.15, -0.1) is 11.3 Å². The van der Waals surface area contributed by atoms with E-state index in [1.165, 1.54) is 17.4 Å². The van der Waals surface area contributed by atoms with Gasteiger partial charge in [0.25, 0.3) is 0 Å². The van der Waals surface area contributed by atoms with Crippen molar-refractivity contribution in [1.29, 1.82) is 0 Å². The second-order valence-corrected chi connectivity index (χ2v) is 5.79. The lowest BCUT2D eigenvalue weighted by molar-refractivity contribution is -0.143. The Morgan fingerprint density at radius 2 is 2.30 bits per heavy atom. The van der Waals surface area contributed by atoms with Crippen molar-refractivity contribution in [1.82, 2.24) is 4.98 Å². The topological polar surface area (TPSA) is 39.2 Å². The van der Waals surface area contributed by atoms with Crippen LogP contribution in [-0.4, -0.2) is 17.6 Å². The van der Waals surface area contributed by atoms with Crippen molar-refractivity contribution in [2.75, 3.05) is 6.61 Å². The second-order valence-electron chi connectivity index (χ2n) is 4.08. The van der Waals surface area contributed by atoms with Crippen molar-refractivity contribution >= 4 is 33.2 Å². The Bertz CT molecular complexity index is 615. The molecule has 1 aromatic heterocycles. The number of thiazole rings is 1. The highest BCUT2D eigenvalue weighted by Gasteiger charge is 2.09. The maximum absolute atomic E-state index is 13.5. The van der Waals surface area contributed by atoms with Gasteiger partial charge in [-0.25, -0.2) is 9.37 Å². The minimum absolute atomic E-state index is 0.225. The molecule has 0 fully saturated rings.